The lowest BCUT2D eigenvalue weighted by atomic mass is 10.1. The normalized spacial score (nSPS) is 18.6. The molecule has 6 heteroatoms. The molecule has 1 aromatic carbocycles. The quantitative estimate of drug-likeness (QED) is 0.677. The first kappa shape index (κ1) is 16.5. The van der Waals surface area contributed by atoms with E-state index in [1.165, 1.54) is 0 Å². The molecule has 0 aliphatic heterocycles. The molecule has 1 aliphatic rings. The predicted molar refractivity (Wildman–Crippen MR) is 100 cm³/mol. The molecule has 3 aromatic rings. The molecule has 0 fully saturated rings. The third-order valence-corrected chi connectivity index (χ3v) is 4.94. The highest BCUT2D eigenvalue weighted by Gasteiger charge is 2.30. The summed E-state index contributed by atoms with van der Waals surface area (Å²) < 4.78 is 0. The van der Waals surface area contributed by atoms with Crippen molar-refractivity contribution in [3.8, 4) is 11.4 Å². The SMILES string of the molecule is Cc1nc(-c2ccc(N[C@H]3c4ccccc4C[C@H]3O)nc2)[nH]c(=O)c1C. The Labute approximate surface area is 151 Å². The molecule has 26 heavy (non-hydrogen) atoms. The number of anilines is 1. The number of aryl methyl sites for hydroxylation is 1. The highest BCUT2D eigenvalue weighted by atomic mass is 16.3. The van der Waals surface area contributed by atoms with Crippen molar-refractivity contribution in [2.75, 3.05) is 5.32 Å². The maximum atomic E-state index is 11.9. The van der Waals surface area contributed by atoms with Crippen LogP contribution in [0.1, 0.15) is 28.4 Å². The van der Waals surface area contributed by atoms with Gasteiger partial charge in [-0.1, -0.05) is 24.3 Å². The van der Waals surface area contributed by atoms with Crippen LogP contribution in [-0.2, 0) is 6.42 Å². The average Bonchev–Trinajstić information content (AvgIpc) is 2.95. The first-order chi connectivity index (χ1) is 12.5. The van der Waals surface area contributed by atoms with Crippen molar-refractivity contribution in [2.45, 2.75) is 32.4 Å². The smallest absolute Gasteiger partial charge is 0.254 e. The van der Waals surface area contributed by atoms with Crippen LogP contribution in [-0.4, -0.2) is 26.2 Å². The van der Waals surface area contributed by atoms with Crippen LogP contribution in [0.25, 0.3) is 11.4 Å². The molecule has 0 spiro atoms. The fourth-order valence-electron chi connectivity index (χ4n) is 3.31. The van der Waals surface area contributed by atoms with Crippen molar-refractivity contribution in [3.63, 3.8) is 0 Å². The van der Waals surface area contributed by atoms with E-state index in [9.17, 15) is 9.90 Å². The number of aliphatic hydroxyl groups is 1. The number of nitrogens with zero attached hydrogens (tertiary/aromatic N) is 2. The van der Waals surface area contributed by atoms with Crippen LogP contribution in [0.2, 0.25) is 0 Å². The Morgan fingerprint density at radius 3 is 2.73 bits per heavy atom. The summed E-state index contributed by atoms with van der Waals surface area (Å²) in [6, 6.07) is 11.5. The number of nitrogens with one attached hydrogen (secondary N) is 2. The second-order valence-corrected chi connectivity index (χ2v) is 6.65. The zero-order valence-electron chi connectivity index (χ0n) is 14.7. The van der Waals surface area contributed by atoms with Gasteiger partial charge in [-0.3, -0.25) is 4.79 Å². The maximum Gasteiger partial charge on any atom is 0.254 e. The van der Waals surface area contributed by atoms with Crippen molar-refractivity contribution in [2.24, 2.45) is 0 Å². The Bertz CT molecular complexity index is 1010. The number of aromatic nitrogens is 3. The number of fused-ring (bicyclic) bond motifs is 1. The van der Waals surface area contributed by atoms with E-state index < -0.39 is 6.10 Å². The Morgan fingerprint density at radius 2 is 2.00 bits per heavy atom. The number of H-pyrrole nitrogens is 1. The predicted octanol–water partition coefficient (Wildman–Crippen LogP) is 2.52. The first-order valence-electron chi connectivity index (χ1n) is 8.59. The van der Waals surface area contributed by atoms with Crippen molar-refractivity contribution < 1.29 is 5.11 Å². The fourth-order valence-corrected chi connectivity index (χ4v) is 3.31. The summed E-state index contributed by atoms with van der Waals surface area (Å²) in [5.41, 5.74) is 4.19. The van der Waals surface area contributed by atoms with Gasteiger partial charge in [0.2, 0.25) is 0 Å². The minimum absolute atomic E-state index is 0.139. The van der Waals surface area contributed by atoms with Gasteiger partial charge >= 0.3 is 0 Å². The van der Waals surface area contributed by atoms with E-state index >= 15 is 0 Å². The largest absolute Gasteiger partial charge is 0.390 e. The zero-order chi connectivity index (χ0) is 18.3. The van der Waals surface area contributed by atoms with Gasteiger partial charge in [-0.15, -0.1) is 0 Å². The van der Waals surface area contributed by atoms with Gasteiger partial charge in [0.15, 0.2) is 0 Å². The average molecular weight is 348 g/mol. The van der Waals surface area contributed by atoms with Crippen LogP contribution < -0.4 is 10.9 Å². The van der Waals surface area contributed by atoms with Gasteiger partial charge in [-0.05, 0) is 37.1 Å². The van der Waals surface area contributed by atoms with E-state index in [0.29, 0.717) is 29.3 Å². The van der Waals surface area contributed by atoms with E-state index in [4.69, 9.17) is 0 Å². The van der Waals surface area contributed by atoms with E-state index in [1.54, 1.807) is 13.1 Å². The molecule has 1 aliphatic carbocycles. The van der Waals surface area contributed by atoms with Gasteiger partial charge in [-0.25, -0.2) is 9.97 Å². The highest BCUT2D eigenvalue weighted by molar-refractivity contribution is 5.57. The topological polar surface area (TPSA) is 90.9 Å². The molecule has 0 bridgehead atoms. The van der Waals surface area contributed by atoms with E-state index in [2.05, 4.69) is 20.3 Å². The van der Waals surface area contributed by atoms with Crippen molar-refractivity contribution in [1.82, 2.24) is 15.0 Å². The Kier molecular flexibility index (Phi) is 4.05. The molecule has 0 amide bonds. The van der Waals surface area contributed by atoms with E-state index in [1.807, 2.05) is 43.3 Å². The van der Waals surface area contributed by atoms with Crippen molar-refractivity contribution in [3.05, 3.63) is 75.3 Å². The summed E-state index contributed by atoms with van der Waals surface area (Å²) in [7, 11) is 0. The summed E-state index contributed by atoms with van der Waals surface area (Å²) in [6.45, 7) is 3.57. The molecule has 0 radical (unpaired) electrons. The molecular formula is C20H20N4O2. The summed E-state index contributed by atoms with van der Waals surface area (Å²) in [6.07, 6.45) is 1.83. The number of aliphatic hydroxyl groups excluding tert-OH is 1. The third kappa shape index (κ3) is 2.88. The molecule has 0 saturated carbocycles. The summed E-state index contributed by atoms with van der Waals surface area (Å²) in [5.74, 6) is 1.17. The summed E-state index contributed by atoms with van der Waals surface area (Å²) >= 11 is 0. The van der Waals surface area contributed by atoms with Gasteiger partial charge in [0.05, 0.1) is 12.1 Å². The summed E-state index contributed by atoms with van der Waals surface area (Å²) in [4.78, 5) is 23.6. The second-order valence-electron chi connectivity index (χ2n) is 6.65. The number of hydrogen-bond donors (Lipinski definition) is 3. The van der Waals surface area contributed by atoms with Crippen LogP contribution in [0.4, 0.5) is 5.82 Å². The molecule has 0 unspecified atom stereocenters. The van der Waals surface area contributed by atoms with Gasteiger partial charge in [-0.2, -0.15) is 0 Å². The van der Waals surface area contributed by atoms with Crippen molar-refractivity contribution >= 4 is 5.82 Å². The number of aromatic amines is 1. The zero-order valence-corrected chi connectivity index (χ0v) is 14.7. The van der Waals surface area contributed by atoms with Crippen LogP contribution in [0, 0.1) is 13.8 Å². The Morgan fingerprint density at radius 1 is 1.19 bits per heavy atom. The molecule has 6 nitrogen and oxygen atoms in total. The number of rotatable bonds is 3. The number of hydrogen-bond acceptors (Lipinski definition) is 5. The van der Waals surface area contributed by atoms with Gasteiger partial charge in [0, 0.05) is 29.4 Å². The lowest BCUT2D eigenvalue weighted by Gasteiger charge is -2.18. The highest BCUT2D eigenvalue weighted by Crippen LogP contribution is 2.33. The lowest BCUT2D eigenvalue weighted by Crippen LogP contribution is -2.21. The van der Waals surface area contributed by atoms with E-state index in [-0.39, 0.29) is 11.6 Å². The molecule has 2 heterocycles. The second kappa shape index (κ2) is 6.38. The third-order valence-electron chi connectivity index (χ3n) is 4.94. The molecule has 132 valence electrons. The van der Waals surface area contributed by atoms with Gasteiger partial charge in [0.25, 0.3) is 5.56 Å². The molecule has 4 rings (SSSR count). The van der Waals surface area contributed by atoms with Gasteiger partial charge in [0.1, 0.15) is 11.6 Å². The monoisotopic (exact) mass is 348 g/mol. The van der Waals surface area contributed by atoms with E-state index in [0.717, 1.165) is 16.7 Å². The lowest BCUT2D eigenvalue weighted by molar-refractivity contribution is 0.165. The standard InChI is InChI=1S/C20H20N4O2/c1-11-12(2)22-19(24-20(11)26)14-7-8-17(21-10-14)23-18-15-6-4-3-5-13(15)9-16(18)25/h3-8,10,16,18,25H,9H2,1-2H3,(H,21,23)(H,22,24,26)/t16-,18+/m1/s1. The van der Waals surface area contributed by atoms with Crippen LogP contribution in [0.15, 0.2) is 47.4 Å². The number of pyridine rings is 1. The molecule has 2 aromatic heterocycles. The van der Waals surface area contributed by atoms with Crippen LogP contribution in [0.5, 0.6) is 0 Å². The van der Waals surface area contributed by atoms with Crippen LogP contribution >= 0.6 is 0 Å². The van der Waals surface area contributed by atoms with Gasteiger partial charge < -0.3 is 15.4 Å². The molecule has 2 atom stereocenters. The molecular weight excluding hydrogens is 328 g/mol. The van der Waals surface area contributed by atoms with Crippen molar-refractivity contribution in [1.29, 1.82) is 0 Å². The fraction of sp³-hybridized carbons (Fsp3) is 0.250. The minimum atomic E-state index is -0.480. The Hall–Kier alpha value is -2.99. The summed E-state index contributed by atoms with van der Waals surface area (Å²) in [5, 5.41) is 13.7. The minimum Gasteiger partial charge on any atom is -0.390 e. The first-order valence-corrected chi connectivity index (χ1v) is 8.59. The number of benzene rings is 1. The van der Waals surface area contributed by atoms with Crippen LogP contribution in [0.3, 0.4) is 0 Å². The maximum absolute atomic E-state index is 11.9. The molecule has 0 saturated heterocycles. The Balaban J connectivity index is 1.58. The molecule has 3 N–H and O–H groups in total.